The largest absolute Gasteiger partial charge is 0.370 e. The zero-order valence-corrected chi connectivity index (χ0v) is 12.8. The Morgan fingerprint density at radius 3 is 2.38 bits per heavy atom. The van der Waals surface area contributed by atoms with Gasteiger partial charge in [-0.3, -0.25) is 0 Å². The molecule has 0 saturated carbocycles. The van der Waals surface area contributed by atoms with Crippen molar-refractivity contribution in [1.29, 1.82) is 0 Å². The number of sulfone groups is 1. The van der Waals surface area contributed by atoms with Crippen molar-refractivity contribution in [2.75, 3.05) is 29.5 Å². The van der Waals surface area contributed by atoms with Crippen molar-refractivity contribution in [1.82, 2.24) is 5.32 Å². The molecule has 0 radical (unpaired) electrons. The molecule has 2 aliphatic rings. The Kier molecular flexibility index (Phi) is 4.17. The van der Waals surface area contributed by atoms with Crippen LogP contribution in [0.3, 0.4) is 0 Å². The van der Waals surface area contributed by atoms with E-state index in [1.807, 2.05) is 12.1 Å². The van der Waals surface area contributed by atoms with Crippen molar-refractivity contribution < 1.29 is 12.8 Å². The summed E-state index contributed by atoms with van der Waals surface area (Å²) in [4.78, 5) is 2.25. The van der Waals surface area contributed by atoms with Gasteiger partial charge in [0.2, 0.25) is 0 Å². The first-order valence-corrected chi connectivity index (χ1v) is 9.31. The molecular weight excluding hydrogens is 291 g/mol. The smallest absolute Gasteiger partial charge is 0.150 e. The molecule has 1 atom stereocenters. The molecule has 2 saturated heterocycles. The molecule has 21 heavy (non-hydrogen) atoms. The summed E-state index contributed by atoms with van der Waals surface area (Å²) >= 11 is 0. The fourth-order valence-corrected chi connectivity index (χ4v) is 4.66. The first-order chi connectivity index (χ1) is 10.0. The third-order valence-electron chi connectivity index (χ3n) is 4.41. The Balaban J connectivity index is 1.52. The van der Waals surface area contributed by atoms with E-state index in [0.29, 0.717) is 23.6 Å². The maximum atomic E-state index is 12.9. The zero-order valence-electron chi connectivity index (χ0n) is 12.0. The van der Waals surface area contributed by atoms with Gasteiger partial charge in [-0.15, -0.1) is 0 Å². The lowest BCUT2D eigenvalue weighted by atomic mass is 10.1. The van der Waals surface area contributed by atoms with E-state index in [0.717, 1.165) is 38.0 Å². The van der Waals surface area contributed by atoms with E-state index in [-0.39, 0.29) is 5.82 Å². The van der Waals surface area contributed by atoms with Crippen molar-refractivity contribution >= 4 is 15.5 Å². The topological polar surface area (TPSA) is 49.4 Å². The van der Waals surface area contributed by atoms with E-state index in [1.54, 1.807) is 0 Å². The van der Waals surface area contributed by atoms with Crippen molar-refractivity contribution in [2.45, 2.75) is 31.3 Å². The second-order valence-electron chi connectivity index (χ2n) is 6.00. The van der Waals surface area contributed by atoms with Crippen LogP contribution in [-0.2, 0) is 9.84 Å². The monoisotopic (exact) mass is 312 g/mol. The molecule has 6 heteroatoms. The summed E-state index contributed by atoms with van der Waals surface area (Å²) in [6.07, 6.45) is 2.48. The molecule has 116 valence electrons. The maximum Gasteiger partial charge on any atom is 0.150 e. The predicted octanol–water partition coefficient (Wildman–Crippen LogP) is 1.57. The van der Waals surface area contributed by atoms with Crippen molar-refractivity contribution in [3.63, 3.8) is 0 Å². The molecule has 1 N–H and O–H groups in total. The van der Waals surface area contributed by atoms with Gasteiger partial charge in [0, 0.05) is 30.9 Å². The lowest BCUT2D eigenvalue weighted by Gasteiger charge is -2.27. The highest BCUT2D eigenvalue weighted by molar-refractivity contribution is 7.91. The standard InChI is InChI=1S/C15H21FN2O2S/c16-12-1-3-15(4-2-12)18-8-5-14(11-18)17-13-6-9-21(19,20)10-7-13/h1-4,13-14,17H,5-11H2/t14-/m1/s1. The van der Waals surface area contributed by atoms with Gasteiger partial charge in [-0.1, -0.05) is 0 Å². The fraction of sp³-hybridized carbons (Fsp3) is 0.600. The summed E-state index contributed by atoms with van der Waals surface area (Å²) in [6, 6.07) is 7.30. The van der Waals surface area contributed by atoms with E-state index in [4.69, 9.17) is 0 Å². The Morgan fingerprint density at radius 2 is 1.71 bits per heavy atom. The van der Waals surface area contributed by atoms with Gasteiger partial charge in [0.15, 0.2) is 0 Å². The molecule has 0 spiro atoms. The third kappa shape index (κ3) is 3.74. The van der Waals surface area contributed by atoms with Gasteiger partial charge in [-0.05, 0) is 43.5 Å². The van der Waals surface area contributed by atoms with Crippen molar-refractivity contribution in [3.05, 3.63) is 30.1 Å². The van der Waals surface area contributed by atoms with Gasteiger partial charge in [0.1, 0.15) is 15.7 Å². The summed E-state index contributed by atoms with van der Waals surface area (Å²) in [5.74, 6) is 0.397. The maximum absolute atomic E-state index is 12.9. The Hall–Kier alpha value is -1.14. The molecule has 0 aromatic heterocycles. The quantitative estimate of drug-likeness (QED) is 0.920. The lowest BCUT2D eigenvalue weighted by molar-refractivity contribution is 0.414. The predicted molar refractivity (Wildman–Crippen MR) is 81.8 cm³/mol. The van der Waals surface area contributed by atoms with Crippen LogP contribution in [0.4, 0.5) is 10.1 Å². The molecule has 0 amide bonds. The molecule has 0 bridgehead atoms. The molecule has 3 rings (SSSR count). The average molecular weight is 312 g/mol. The fourth-order valence-electron chi connectivity index (χ4n) is 3.17. The minimum atomic E-state index is -2.79. The molecular formula is C15H21FN2O2S. The Labute approximate surface area is 125 Å². The van der Waals surface area contributed by atoms with E-state index >= 15 is 0 Å². The van der Waals surface area contributed by atoms with E-state index in [2.05, 4.69) is 10.2 Å². The normalized spacial score (nSPS) is 26.1. The molecule has 2 heterocycles. The van der Waals surface area contributed by atoms with Gasteiger partial charge >= 0.3 is 0 Å². The van der Waals surface area contributed by atoms with Crippen LogP contribution < -0.4 is 10.2 Å². The summed E-state index contributed by atoms with van der Waals surface area (Å²) in [6.45, 7) is 1.85. The highest BCUT2D eigenvalue weighted by Crippen LogP contribution is 2.22. The molecule has 0 unspecified atom stereocenters. The Morgan fingerprint density at radius 1 is 1.05 bits per heavy atom. The van der Waals surface area contributed by atoms with E-state index in [9.17, 15) is 12.8 Å². The minimum Gasteiger partial charge on any atom is -0.370 e. The summed E-state index contributed by atoms with van der Waals surface area (Å²) < 4.78 is 35.8. The van der Waals surface area contributed by atoms with Crippen LogP contribution >= 0.6 is 0 Å². The molecule has 1 aromatic carbocycles. The van der Waals surface area contributed by atoms with Gasteiger partial charge in [-0.25, -0.2) is 12.8 Å². The Bertz CT molecular complexity index is 574. The van der Waals surface area contributed by atoms with E-state index < -0.39 is 9.84 Å². The molecule has 0 aliphatic carbocycles. The second kappa shape index (κ2) is 5.93. The molecule has 1 aromatic rings. The molecule has 2 fully saturated rings. The van der Waals surface area contributed by atoms with Gasteiger partial charge < -0.3 is 10.2 Å². The highest BCUT2D eigenvalue weighted by Gasteiger charge is 2.28. The number of nitrogens with zero attached hydrogens (tertiary/aromatic N) is 1. The van der Waals surface area contributed by atoms with Gasteiger partial charge in [-0.2, -0.15) is 0 Å². The van der Waals surface area contributed by atoms with Crippen molar-refractivity contribution in [2.24, 2.45) is 0 Å². The summed E-state index contributed by atoms with van der Waals surface area (Å²) in [5.41, 5.74) is 1.05. The molecule has 2 aliphatic heterocycles. The first-order valence-electron chi connectivity index (χ1n) is 7.49. The SMILES string of the molecule is O=S1(=O)CCC(N[C@@H]2CCN(c3ccc(F)cc3)C2)CC1. The number of hydrogen-bond acceptors (Lipinski definition) is 4. The number of halogens is 1. The van der Waals surface area contributed by atoms with Gasteiger partial charge in [0.05, 0.1) is 11.5 Å². The summed E-state index contributed by atoms with van der Waals surface area (Å²) in [5, 5.41) is 3.59. The third-order valence-corrected chi connectivity index (χ3v) is 6.12. The lowest BCUT2D eigenvalue weighted by Crippen LogP contribution is -2.44. The van der Waals surface area contributed by atoms with E-state index in [1.165, 1.54) is 12.1 Å². The number of hydrogen-bond donors (Lipinski definition) is 1. The summed E-state index contributed by atoms with van der Waals surface area (Å²) in [7, 11) is -2.79. The average Bonchev–Trinajstić information content (AvgIpc) is 2.91. The van der Waals surface area contributed by atoms with Crippen LogP contribution in [0.1, 0.15) is 19.3 Å². The minimum absolute atomic E-state index is 0.212. The van der Waals surface area contributed by atoms with Crippen LogP contribution in [0.25, 0.3) is 0 Å². The van der Waals surface area contributed by atoms with Crippen LogP contribution in [0.2, 0.25) is 0 Å². The zero-order chi connectivity index (χ0) is 14.9. The van der Waals surface area contributed by atoms with Crippen LogP contribution in [0, 0.1) is 5.82 Å². The second-order valence-corrected chi connectivity index (χ2v) is 8.30. The van der Waals surface area contributed by atoms with Crippen LogP contribution in [0.5, 0.6) is 0 Å². The van der Waals surface area contributed by atoms with Crippen molar-refractivity contribution in [3.8, 4) is 0 Å². The number of rotatable bonds is 3. The number of nitrogens with one attached hydrogen (secondary N) is 1. The highest BCUT2D eigenvalue weighted by atomic mass is 32.2. The van der Waals surface area contributed by atoms with Gasteiger partial charge in [0.25, 0.3) is 0 Å². The molecule has 4 nitrogen and oxygen atoms in total. The van der Waals surface area contributed by atoms with Crippen LogP contribution in [0.15, 0.2) is 24.3 Å². The number of benzene rings is 1. The van der Waals surface area contributed by atoms with Crippen LogP contribution in [-0.4, -0.2) is 45.1 Å². The number of anilines is 1. The first kappa shape index (κ1) is 14.8.